The number of carbonyl (C=O) groups excluding carboxylic acids is 1. The zero-order valence-corrected chi connectivity index (χ0v) is 18.5. The largest absolute Gasteiger partial charge is 0.494 e. The number of hydrogen-bond acceptors (Lipinski definition) is 3. The summed E-state index contributed by atoms with van der Waals surface area (Å²) >= 11 is 0. The van der Waals surface area contributed by atoms with Gasteiger partial charge >= 0.3 is 6.18 Å². The number of aryl methyl sites for hydroxylation is 2. The molecule has 7 heteroatoms. The molecular formula is C26H27F3N2O2. The van der Waals surface area contributed by atoms with Crippen LogP contribution in [0.2, 0.25) is 0 Å². The number of benzene rings is 2. The number of alkyl halides is 3. The van der Waals surface area contributed by atoms with Crippen molar-refractivity contribution < 1.29 is 22.7 Å². The highest BCUT2D eigenvalue weighted by molar-refractivity contribution is 6.06. The SMILES string of the molecule is Cc1ccc(C2=C(C#N)C(=O)N[C@@H](CCCc3cccc(OCCCC(F)(F)F)c3)C2)cc1. The van der Waals surface area contributed by atoms with Gasteiger partial charge in [0.2, 0.25) is 0 Å². The van der Waals surface area contributed by atoms with Gasteiger partial charge in [-0.1, -0.05) is 42.0 Å². The Morgan fingerprint density at radius 3 is 2.61 bits per heavy atom. The lowest BCUT2D eigenvalue weighted by molar-refractivity contribution is -0.136. The number of nitrogens with one attached hydrogen (secondary N) is 1. The van der Waals surface area contributed by atoms with Crippen molar-refractivity contribution in [3.63, 3.8) is 0 Å². The van der Waals surface area contributed by atoms with Crippen LogP contribution in [0.25, 0.3) is 5.57 Å². The van der Waals surface area contributed by atoms with Crippen molar-refractivity contribution >= 4 is 11.5 Å². The molecule has 1 amide bonds. The molecule has 1 atom stereocenters. The van der Waals surface area contributed by atoms with Crippen molar-refractivity contribution in [2.75, 3.05) is 6.61 Å². The van der Waals surface area contributed by atoms with E-state index >= 15 is 0 Å². The third-order valence-corrected chi connectivity index (χ3v) is 5.62. The van der Waals surface area contributed by atoms with Gasteiger partial charge in [-0.15, -0.1) is 0 Å². The van der Waals surface area contributed by atoms with Crippen molar-refractivity contribution in [3.05, 3.63) is 70.8 Å². The summed E-state index contributed by atoms with van der Waals surface area (Å²) in [6, 6.07) is 17.2. The van der Waals surface area contributed by atoms with E-state index in [0.29, 0.717) is 12.2 Å². The standard InChI is InChI=1S/C26H27F3N2O2/c1-18-9-11-20(12-10-18)23-16-21(31-25(32)24(23)17-30)7-2-5-19-6-3-8-22(15-19)33-14-4-13-26(27,28)29/h3,6,8-12,15,21H,2,4-5,7,13-14,16H2,1H3,(H,31,32)/t21-/m0/s1. The van der Waals surface area contributed by atoms with Crippen molar-refractivity contribution in [3.8, 4) is 11.8 Å². The van der Waals surface area contributed by atoms with E-state index < -0.39 is 12.6 Å². The molecule has 2 aromatic carbocycles. The minimum absolute atomic E-state index is 0.0203. The maximum atomic E-state index is 12.5. The summed E-state index contributed by atoms with van der Waals surface area (Å²) in [4.78, 5) is 12.5. The van der Waals surface area contributed by atoms with Gasteiger partial charge in [-0.2, -0.15) is 18.4 Å². The monoisotopic (exact) mass is 456 g/mol. The van der Waals surface area contributed by atoms with Crippen LogP contribution in [-0.4, -0.2) is 24.7 Å². The second-order valence-electron chi connectivity index (χ2n) is 8.31. The number of rotatable bonds is 9. The second-order valence-corrected chi connectivity index (χ2v) is 8.31. The maximum Gasteiger partial charge on any atom is 0.389 e. The molecule has 2 aromatic rings. The van der Waals surface area contributed by atoms with E-state index in [4.69, 9.17) is 4.74 Å². The molecule has 0 aromatic heterocycles. The van der Waals surface area contributed by atoms with Crippen LogP contribution in [0, 0.1) is 18.3 Å². The second kappa shape index (κ2) is 11.0. The van der Waals surface area contributed by atoms with Gasteiger partial charge < -0.3 is 10.1 Å². The molecule has 0 radical (unpaired) electrons. The van der Waals surface area contributed by atoms with Gasteiger partial charge in [0.1, 0.15) is 17.4 Å². The molecule has 1 N–H and O–H groups in total. The number of nitriles is 1. The molecule has 0 unspecified atom stereocenters. The first-order chi connectivity index (χ1) is 15.7. The van der Waals surface area contributed by atoms with Gasteiger partial charge in [-0.05, 0) is 67.9 Å². The fraction of sp³-hybridized carbons (Fsp3) is 0.385. The summed E-state index contributed by atoms with van der Waals surface area (Å²) in [5, 5.41) is 12.4. The quantitative estimate of drug-likeness (QED) is 0.478. The average Bonchev–Trinajstić information content (AvgIpc) is 2.77. The summed E-state index contributed by atoms with van der Waals surface area (Å²) in [5.74, 6) is 0.225. The Labute approximate surface area is 192 Å². The molecule has 0 saturated carbocycles. The van der Waals surface area contributed by atoms with E-state index in [-0.39, 0.29) is 30.5 Å². The third-order valence-electron chi connectivity index (χ3n) is 5.62. The predicted molar refractivity (Wildman–Crippen MR) is 120 cm³/mol. The predicted octanol–water partition coefficient (Wildman–Crippen LogP) is 5.90. The van der Waals surface area contributed by atoms with Crippen LogP contribution in [0.3, 0.4) is 0 Å². The van der Waals surface area contributed by atoms with E-state index in [1.165, 1.54) is 0 Å². The lowest BCUT2D eigenvalue weighted by Gasteiger charge is -2.26. The molecule has 0 saturated heterocycles. The fourth-order valence-electron chi connectivity index (χ4n) is 3.91. The van der Waals surface area contributed by atoms with Crippen molar-refractivity contribution in [1.82, 2.24) is 5.32 Å². The number of hydrogen-bond donors (Lipinski definition) is 1. The van der Waals surface area contributed by atoms with Crippen LogP contribution < -0.4 is 10.1 Å². The summed E-state index contributed by atoms with van der Waals surface area (Å²) < 4.78 is 42.2. The van der Waals surface area contributed by atoms with E-state index in [0.717, 1.165) is 41.5 Å². The first-order valence-corrected chi connectivity index (χ1v) is 11.0. The van der Waals surface area contributed by atoms with E-state index in [1.807, 2.05) is 55.5 Å². The number of nitrogens with zero attached hydrogens (tertiary/aromatic N) is 1. The van der Waals surface area contributed by atoms with Crippen LogP contribution in [0.1, 0.15) is 48.8 Å². The number of ether oxygens (including phenoxy) is 1. The van der Waals surface area contributed by atoms with E-state index in [9.17, 15) is 23.2 Å². The first-order valence-electron chi connectivity index (χ1n) is 11.0. The Morgan fingerprint density at radius 1 is 1.15 bits per heavy atom. The Morgan fingerprint density at radius 2 is 1.91 bits per heavy atom. The minimum Gasteiger partial charge on any atom is -0.494 e. The topological polar surface area (TPSA) is 62.1 Å². The van der Waals surface area contributed by atoms with Crippen LogP contribution in [0.5, 0.6) is 5.75 Å². The van der Waals surface area contributed by atoms with E-state index in [1.54, 1.807) is 6.07 Å². The van der Waals surface area contributed by atoms with Crippen molar-refractivity contribution in [1.29, 1.82) is 5.26 Å². The lowest BCUT2D eigenvalue weighted by Crippen LogP contribution is -2.40. The first kappa shape index (κ1) is 24.4. The number of amides is 1. The molecule has 174 valence electrons. The fourth-order valence-corrected chi connectivity index (χ4v) is 3.91. The number of halogens is 3. The van der Waals surface area contributed by atoms with Crippen molar-refractivity contribution in [2.24, 2.45) is 0 Å². The molecule has 0 aliphatic carbocycles. The molecule has 0 bridgehead atoms. The van der Waals surface area contributed by atoms with Crippen LogP contribution in [0.4, 0.5) is 13.2 Å². The highest BCUT2D eigenvalue weighted by Crippen LogP contribution is 2.29. The highest BCUT2D eigenvalue weighted by atomic mass is 19.4. The summed E-state index contributed by atoms with van der Waals surface area (Å²) in [6.07, 6.45) is -2.19. The molecule has 3 rings (SSSR count). The highest BCUT2D eigenvalue weighted by Gasteiger charge is 2.27. The zero-order valence-electron chi connectivity index (χ0n) is 18.5. The average molecular weight is 457 g/mol. The van der Waals surface area contributed by atoms with Gasteiger partial charge in [0.25, 0.3) is 5.91 Å². The third kappa shape index (κ3) is 7.38. The Bertz CT molecular complexity index is 1040. The van der Waals surface area contributed by atoms with Crippen LogP contribution in [0.15, 0.2) is 54.1 Å². The molecular weight excluding hydrogens is 429 g/mol. The van der Waals surface area contributed by atoms with Gasteiger partial charge in [-0.25, -0.2) is 0 Å². The molecule has 33 heavy (non-hydrogen) atoms. The molecule has 4 nitrogen and oxygen atoms in total. The lowest BCUT2D eigenvalue weighted by atomic mass is 9.88. The Kier molecular flexibility index (Phi) is 8.16. The molecule has 0 fully saturated rings. The van der Waals surface area contributed by atoms with Crippen LogP contribution in [-0.2, 0) is 11.2 Å². The molecule has 1 aliphatic heterocycles. The van der Waals surface area contributed by atoms with Crippen molar-refractivity contribution in [2.45, 2.75) is 57.7 Å². The Hall–Kier alpha value is -3.27. The zero-order chi connectivity index (χ0) is 23.8. The van der Waals surface area contributed by atoms with E-state index in [2.05, 4.69) is 5.32 Å². The summed E-state index contributed by atoms with van der Waals surface area (Å²) in [5.41, 5.74) is 3.98. The molecule has 1 heterocycles. The minimum atomic E-state index is -4.16. The molecule has 0 spiro atoms. The van der Waals surface area contributed by atoms with Gasteiger partial charge in [0, 0.05) is 12.5 Å². The molecule has 1 aliphatic rings. The van der Waals surface area contributed by atoms with Gasteiger partial charge in [0.05, 0.1) is 6.61 Å². The summed E-state index contributed by atoms with van der Waals surface area (Å²) in [7, 11) is 0. The maximum absolute atomic E-state index is 12.5. The number of carbonyl (C=O) groups is 1. The van der Waals surface area contributed by atoms with Gasteiger partial charge in [-0.3, -0.25) is 4.79 Å². The summed E-state index contributed by atoms with van der Waals surface area (Å²) in [6.45, 7) is 2.01. The normalized spacial score (nSPS) is 16.3. The van der Waals surface area contributed by atoms with Crippen LogP contribution >= 0.6 is 0 Å². The Balaban J connectivity index is 1.53. The van der Waals surface area contributed by atoms with Gasteiger partial charge in [0.15, 0.2) is 0 Å². The smallest absolute Gasteiger partial charge is 0.389 e.